The van der Waals surface area contributed by atoms with Crippen molar-refractivity contribution >= 4 is 21.6 Å². The van der Waals surface area contributed by atoms with Crippen LogP contribution in [0.3, 0.4) is 0 Å². The average Bonchev–Trinajstić information content (AvgIpc) is 3.15. The van der Waals surface area contributed by atoms with Gasteiger partial charge in [0, 0.05) is 45.2 Å². The molecular weight excluding hydrogens is 393 g/mol. The van der Waals surface area contributed by atoms with Gasteiger partial charge in [0.25, 0.3) is 0 Å². The number of nitrogens with one attached hydrogen (secondary N) is 2. The van der Waals surface area contributed by atoms with Gasteiger partial charge in [-0.25, -0.2) is 17.8 Å². The largest absolute Gasteiger partial charge is 0.356 e. The van der Waals surface area contributed by atoms with E-state index in [1.807, 2.05) is 17.0 Å². The number of pyridine rings is 1. The highest BCUT2D eigenvalue weighted by molar-refractivity contribution is 7.90. The molecule has 2 heterocycles. The number of sulfone groups is 1. The topological polar surface area (TPSA) is 86.7 Å². The van der Waals surface area contributed by atoms with E-state index < -0.39 is 9.84 Å². The zero-order valence-electron chi connectivity index (χ0n) is 16.6. The highest BCUT2D eigenvalue weighted by Crippen LogP contribution is 2.20. The monoisotopic (exact) mass is 419 g/mol. The molecule has 1 unspecified atom stereocenters. The Bertz CT molecular complexity index is 963. The van der Waals surface area contributed by atoms with Crippen molar-refractivity contribution in [1.82, 2.24) is 15.6 Å². The van der Waals surface area contributed by atoms with E-state index in [0.717, 1.165) is 24.9 Å². The first kappa shape index (κ1) is 21.0. The number of anilines is 1. The van der Waals surface area contributed by atoms with Crippen molar-refractivity contribution in [2.24, 2.45) is 4.99 Å². The Balaban J connectivity index is 1.47. The van der Waals surface area contributed by atoms with Gasteiger partial charge in [-0.15, -0.1) is 0 Å². The number of hydrogen-bond acceptors (Lipinski definition) is 5. The molecule has 1 aromatic carbocycles. The number of aliphatic imine (C=N–C) groups is 1. The minimum atomic E-state index is -3.17. The number of rotatable bonds is 6. The third-order valence-electron chi connectivity index (χ3n) is 4.85. The minimum absolute atomic E-state index is 0.150. The summed E-state index contributed by atoms with van der Waals surface area (Å²) in [5.41, 5.74) is 1.04. The van der Waals surface area contributed by atoms with Crippen LogP contribution in [0, 0.1) is 5.82 Å². The van der Waals surface area contributed by atoms with Crippen LogP contribution in [0.15, 0.2) is 52.5 Å². The summed E-state index contributed by atoms with van der Waals surface area (Å²) in [5, 5.41) is 6.64. The molecule has 3 rings (SSSR count). The summed E-state index contributed by atoms with van der Waals surface area (Å²) >= 11 is 0. The van der Waals surface area contributed by atoms with Gasteiger partial charge in [0.15, 0.2) is 27.4 Å². The SMILES string of the molecule is CN=C(NCCc1ccc(S(C)(=O)=O)cc1)NC1CCN(c2ncccc2F)C1. The molecule has 0 radical (unpaired) electrons. The maximum absolute atomic E-state index is 13.9. The fourth-order valence-corrected chi connectivity index (χ4v) is 3.93. The van der Waals surface area contributed by atoms with Gasteiger partial charge in [-0.2, -0.15) is 0 Å². The first-order valence-corrected chi connectivity index (χ1v) is 11.4. The predicted octanol–water partition coefficient (Wildman–Crippen LogP) is 1.61. The number of nitrogens with zero attached hydrogens (tertiary/aromatic N) is 3. The smallest absolute Gasteiger partial charge is 0.191 e. The fourth-order valence-electron chi connectivity index (χ4n) is 3.30. The summed E-state index contributed by atoms with van der Waals surface area (Å²) in [6.45, 7) is 2.04. The highest BCUT2D eigenvalue weighted by atomic mass is 32.2. The summed E-state index contributed by atoms with van der Waals surface area (Å²) in [5.74, 6) is 0.765. The second-order valence-electron chi connectivity index (χ2n) is 7.05. The number of benzene rings is 1. The lowest BCUT2D eigenvalue weighted by atomic mass is 10.1. The van der Waals surface area contributed by atoms with Crippen LogP contribution in [0.4, 0.5) is 10.2 Å². The lowest BCUT2D eigenvalue weighted by molar-refractivity contribution is 0.602. The molecule has 2 aromatic rings. The second kappa shape index (κ2) is 9.21. The summed E-state index contributed by atoms with van der Waals surface area (Å²) in [6.07, 6.45) is 4.40. The molecule has 29 heavy (non-hydrogen) atoms. The Morgan fingerprint density at radius 3 is 2.72 bits per heavy atom. The summed E-state index contributed by atoms with van der Waals surface area (Å²) < 4.78 is 37.0. The van der Waals surface area contributed by atoms with Crippen molar-refractivity contribution in [2.75, 3.05) is 37.8 Å². The molecule has 0 spiro atoms. The van der Waals surface area contributed by atoms with Crippen LogP contribution in [0.25, 0.3) is 0 Å². The quantitative estimate of drug-likeness (QED) is 0.547. The van der Waals surface area contributed by atoms with Crippen molar-refractivity contribution in [3.63, 3.8) is 0 Å². The molecule has 2 N–H and O–H groups in total. The third kappa shape index (κ3) is 5.66. The first-order chi connectivity index (χ1) is 13.9. The van der Waals surface area contributed by atoms with Gasteiger partial charge in [0.2, 0.25) is 0 Å². The normalized spacial score (nSPS) is 17.4. The molecule has 0 amide bonds. The Morgan fingerprint density at radius 1 is 1.31 bits per heavy atom. The Kier molecular flexibility index (Phi) is 6.68. The van der Waals surface area contributed by atoms with Crippen LogP contribution in [0.1, 0.15) is 12.0 Å². The van der Waals surface area contributed by atoms with E-state index in [1.54, 1.807) is 31.4 Å². The molecule has 156 valence electrons. The van der Waals surface area contributed by atoms with Crippen LogP contribution in [-0.4, -0.2) is 58.3 Å². The molecule has 1 aliphatic rings. The Hall–Kier alpha value is -2.68. The van der Waals surface area contributed by atoms with Crippen LogP contribution in [0.5, 0.6) is 0 Å². The number of aromatic nitrogens is 1. The summed E-state index contributed by atoms with van der Waals surface area (Å²) in [4.78, 5) is 10.6. The van der Waals surface area contributed by atoms with Crippen molar-refractivity contribution in [1.29, 1.82) is 0 Å². The van der Waals surface area contributed by atoms with Crippen LogP contribution >= 0.6 is 0 Å². The molecular formula is C20H26FN5O2S. The molecule has 7 nitrogen and oxygen atoms in total. The molecule has 0 bridgehead atoms. The van der Waals surface area contributed by atoms with Gasteiger partial charge in [-0.05, 0) is 42.7 Å². The summed E-state index contributed by atoms with van der Waals surface area (Å²) in [6, 6.07) is 10.1. The predicted molar refractivity (Wildman–Crippen MR) is 113 cm³/mol. The van der Waals surface area contributed by atoms with E-state index in [9.17, 15) is 12.8 Å². The zero-order valence-corrected chi connectivity index (χ0v) is 17.4. The fraction of sp³-hybridized carbons (Fsp3) is 0.400. The lowest BCUT2D eigenvalue weighted by Gasteiger charge is -2.20. The van der Waals surface area contributed by atoms with Gasteiger partial charge in [-0.1, -0.05) is 12.1 Å². The molecule has 1 aliphatic heterocycles. The maximum atomic E-state index is 13.9. The van der Waals surface area contributed by atoms with Gasteiger partial charge in [0.05, 0.1) is 4.90 Å². The molecule has 0 saturated carbocycles. The van der Waals surface area contributed by atoms with Crippen LogP contribution < -0.4 is 15.5 Å². The van der Waals surface area contributed by atoms with E-state index in [4.69, 9.17) is 0 Å². The first-order valence-electron chi connectivity index (χ1n) is 9.48. The van der Waals surface area contributed by atoms with E-state index in [1.165, 1.54) is 12.3 Å². The third-order valence-corrected chi connectivity index (χ3v) is 5.98. The van der Waals surface area contributed by atoms with E-state index in [0.29, 0.717) is 29.8 Å². The van der Waals surface area contributed by atoms with Crippen molar-refractivity contribution in [3.8, 4) is 0 Å². The molecule has 0 aliphatic carbocycles. The Labute approximate surface area is 171 Å². The van der Waals surface area contributed by atoms with Gasteiger partial charge in [-0.3, -0.25) is 4.99 Å². The molecule has 1 fully saturated rings. The highest BCUT2D eigenvalue weighted by Gasteiger charge is 2.25. The minimum Gasteiger partial charge on any atom is -0.356 e. The Morgan fingerprint density at radius 2 is 2.07 bits per heavy atom. The van der Waals surface area contributed by atoms with Crippen molar-refractivity contribution in [3.05, 3.63) is 54.0 Å². The number of guanidine groups is 1. The molecule has 9 heteroatoms. The van der Waals surface area contributed by atoms with E-state index in [-0.39, 0.29) is 11.9 Å². The summed E-state index contributed by atoms with van der Waals surface area (Å²) in [7, 11) is -1.47. The molecule has 1 aromatic heterocycles. The van der Waals surface area contributed by atoms with Gasteiger partial charge >= 0.3 is 0 Å². The van der Waals surface area contributed by atoms with Crippen molar-refractivity contribution in [2.45, 2.75) is 23.8 Å². The average molecular weight is 420 g/mol. The second-order valence-corrected chi connectivity index (χ2v) is 9.07. The standard InChI is InChI=1S/C20H26FN5O2S/c1-22-20(24-12-9-15-5-7-17(8-6-15)29(2,27)28)25-16-10-13-26(14-16)19-18(21)4-3-11-23-19/h3-8,11,16H,9-10,12-14H2,1-2H3,(H2,22,24,25). The van der Waals surface area contributed by atoms with Crippen LogP contribution in [-0.2, 0) is 16.3 Å². The lowest BCUT2D eigenvalue weighted by Crippen LogP contribution is -2.45. The van der Waals surface area contributed by atoms with Crippen molar-refractivity contribution < 1.29 is 12.8 Å². The van der Waals surface area contributed by atoms with Gasteiger partial charge < -0.3 is 15.5 Å². The molecule has 1 atom stereocenters. The van der Waals surface area contributed by atoms with E-state index >= 15 is 0 Å². The van der Waals surface area contributed by atoms with Crippen LogP contribution in [0.2, 0.25) is 0 Å². The zero-order chi connectivity index (χ0) is 20.9. The molecule has 1 saturated heterocycles. The van der Waals surface area contributed by atoms with Gasteiger partial charge in [0.1, 0.15) is 0 Å². The number of halogens is 1. The van der Waals surface area contributed by atoms with E-state index in [2.05, 4.69) is 20.6 Å². The maximum Gasteiger partial charge on any atom is 0.191 e. The number of hydrogen-bond donors (Lipinski definition) is 2.